The standard InChI is InChI=1S/C25H20ClNO5/c1-2-32-20-14-16(12-13-17(20)26)23(29)21-22(15-8-4-3-5-9-15)27(25(31)24(21)30)18-10-6-7-11-19(18)28/h3-14,22,28-29H,2H2,1H3/b23-21-. The molecule has 0 radical (unpaired) electrons. The molecule has 7 heteroatoms. The second-order valence-electron chi connectivity index (χ2n) is 7.15. The minimum absolute atomic E-state index is 0.0887. The summed E-state index contributed by atoms with van der Waals surface area (Å²) in [5.41, 5.74) is 0.979. The highest BCUT2D eigenvalue weighted by Crippen LogP contribution is 2.44. The van der Waals surface area contributed by atoms with Crippen LogP contribution in [0.3, 0.4) is 0 Å². The number of carbonyl (C=O) groups excluding carboxylic acids is 2. The van der Waals surface area contributed by atoms with Crippen LogP contribution in [0.5, 0.6) is 11.5 Å². The number of nitrogens with zero attached hydrogens (tertiary/aromatic N) is 1. The number of ether oxygens (including phenoxy) is 1. The Morgan fingerprint density at radius 1 is 1.03 bits per heavy atom. The maximum atomic E-state index is 13.1. The molecule has 1 heterocycles. The van der Waals surface area contributed by atoms with Gasteiger partial charge in [0.1, 0.15) is 17.3 Å². The Hall–Kier alpha value is -3.77. The third kappa shape index (κ3) is 3.69. The van der Waals surface area contributed by atoms with Crippen LogP contribution in [0.4, 0.5) is 5.69 Å². The van der Waals surface area contributed by atoms with E-state index in [2.05, 4.69) is 0 Å². The first kappa shape index (κ1) is 21.5. The Morgan fingerprint density at radius 2 is 1.72 bits per heavy atom. The van der Waals surface area contributed by atoms with Gasteiger partial charge in [-0.3, -0.25) is 14.5 Å². The summed E-state index contributed by atoms with van der Waals surface area (Å²) in [5.74, 6) is -1.86. The van der Waals surface area contributed by atoms with Crippen molar-refractivity contribution in [1.82, 2.24) is 0 Å². The second kappa shape index (κ2) is 8.77. The third-order valence-corrected chi connectivity index (χ3v) is 5.52. The van der Waals surface area contributed by atoms with E-state index in [9.17, 15) is 19.8 Å². The molecule has 162 valence electrons. The molecule has 3 aromatic carbocycles. The van der Waals surface area contributed by atoms with Crippen LogP contribution in [0.25, 0.3) is 5.76 Å². The number of halogens is 1. The maximum Gasteiger partial charge on any atom is 0.300 e. The van der Waals surface area contributed by atoms with E-state index in [1.165, 1.54) is 17.0 Å². The monoisotopic (exact) mass is 449 g/mol. The zero-order chi connectivity index (χ0) is 22.8. The summed E-state index contributed by atoms with van der Waals surface area (Å²) in [5, 5.41) is 21.9. The fraction of sp³-hybridized carbons (Fsp3) is 0.120. The van der Waals surface area contributed by atoms with Crippen LogP contribution in [0.1, 0.15) is 24.1 Å². The highest BCUT2D eigenvalue weighted by molar-refractivity contribution is 6.52. The molecule has 4 rings (SSSR count). The van der Waals surface area contributed by atoms with Crippen LogP contribution in [0.15, 0.2) is 78.4 Å². The molecule has 1 unspecified atom stereocenters. The molecular formula is C25H20ClNO5. The lowest BCUT2D eigenvalue weighted by Crippen LogP contribution is -2.29. The summed E-state index contributed by atoms with van der Waals surface area (Å²) in [6.07, 6.45) is 0. The number of aliphatic hydroxyl groups is 1. The number of aliphatic hydroxyl groups excluding tert-OH is 1. The Labute approximate surface area is 189 Å². The van der Waals surface area contributed by atoms with E-state index in [-0.39, 0.29) is 28.3 Å². The quantitative estimate of drug-likeness (QED) is 0.322. The summed E-state index contributed by atoms with van der Waals surface area (Å²) >= 11 is 6.16. The molecule has 1 atom stereocenters. The Bertz CT molecular complexity index is 1220. The van der Waals surface area contributed by atoms with Gasteiger partial charge in [0.2, 0.25) is 0 Å². The van der Waals surface area contributed by atoms with Gasteiger partial charge in [-0.1, -0.05) is 54.1 Å². The van der Waals surface area contributed by atoms with Gasteiger partial charge in [0, 0.05) is 5.56 Å². The van der Waals surface area contributed by atoms with Crippen molar-refractivity contribution in [3.63, 3.8) is 0 Å². The average Bonchev–Trinajstić information content (AvgIpc) is 3.06. The van der Waals surface area contributed by atoms with E-state index < -0.39 is 17.7 Å². The number of hydrogen-bond acceptors (Lipinski definition) is 5. The van der Waals surface area contributed by atoms with Gasteiger partial charge in [0.15, 0.2) is 0 Å². The van der Waals surface area contributed by atoms with Crippen molar-refractivity contribution >= 4 is 34.7 Å². The van der Waals surface area contributed by atoms with Gasteiger partial charge in [0.05, 0.1) is 28.9 Å². The minimum Gasteiger partial charge on any atom is -0.507 e. The molecule has 32 heavy (non-hydrogen) atoms. The number of carbonyl (C=O) groups is 2. The van der Waals surface area contributed by atoms with Gasteiger partial charge in [-0.25, -0.2) is 0 Å². The molecule has 2 N–H and O–H groups in total. The Morgan fingerprint density at radius 3 is 2.41 bits per heavy atom. The molecule has 0 saturated carbocycles. The minimum atomic E-state index is -0.935. The topological polar surface area (TPSA) is 87.1 Å². The van der Waals surface area contributed by atoms with E-state index in [1.54, 1.807) is 61.5 Å². The number of aromatic hydroxyl groups is 1. The zero-order valence-corrected chi connectivity index (χ0v) is 17.9. The normalized spacial score (nSPS) is 17.6. The third-order valence-electron chi connectivity index (χ3n) is 5.21. The summed E-state index contributed by atoms with van der Waals surface area (Å²) in [6.45, 7) is 2.17. The zero-order valence-electron chi connectivity index (χ0n) is 17.2. The van der Waals surface area contributed by atoms with Crippen molar-refractivity contribution < 1.29 is 24.5 Å². The van der Waals surface area contributed by atoms with Gasteiger partial charge in [0.25, 0.3) is 11.7 Å². The van der Waals surface area contributed by atoms with Crippen molar-refractivity contribution in [2.24, 2.45) is 0 Å². The molecule has 1 amide bonds. The van der Waals surface area contributed by atoms with Crippen LogP contribution >= 0.6 is 11.6 Å². The van der Waals surface area contributed by atoms with Crippen LogP contribution in [-0.2, 0) is 9.59 Å². The number of ketones is 1. The van der Waals surface area contributed by atoms with E-state index in [0.717, 1.165) is 0 Å². The van der Waals surface area contributed by atoms with Gasteiger partial charge in [-0.2, -0.15) is 0 Å². The number of Topliss-reactive ketones (excluding diaryl/α,β-unsaturated/α-hetero) is 1. The van der Waals surface area contributed by atoms with E-state index >= 15 is 0 Å². The second-order valence-corrected chi connectivity index (χ2v) is 7.55. The highest BCUT2D eigenvalue weighted by Gasteiger charge is 2.47. The lowest BCUT2D eigenvalue weighted by molar-refractivity contribution is -0.132. The fourth-order valence-corrected chi connectivity index (χ4v) is 3.94. The molecule has 1 aliphatic heterocycles. The first-order valence-electron chi connectivity index (χ1n) is 10.0. The van der Waals surface area contributed by atoms with Crippen molar-refractivity contribution in [1.29, 1.82) is 0 Å². The van der Waals surface area contributed by atoms with Gasteiger partial charge in [-0.15, -0.1) is 0 Å². The number of rotatable bonds is 5. The predicted octanol–water partition coefficient (Wildman–Crippen LogP) is 5.07. The largest absolute Gasteiger partial charge is 0.507 e. The van der Waals surface area contributed by atoms with Crippen LogP contribution in [0, 0.1) is 0 Å². The first-order chi connectivity index (χ1) is 15.4. The summed E-state index contributed by atoms with van der Waals surface area (Å²) < 4.78 is 5.49. The van der Waals surface area contributed by atoms with E-state index in [0.29, 0.717) is 22.9 Å². The molecule has 0 spiro atoms. The molecule has 1 fully saturated rings. The van der Waals surface area contributed by atoms with Crippen molar-refractivity contribution in [2.45, 2.75) is 13.0 Å². The molecule has 3 aromatic rings. The average molecular weight is 450 g/mol. The van der Waals surface area contributed by atoms with Gasteiger partial charge < -0.3 is 14.9 Å². The predicted molar refractivity (Wildman–Crippen MR) is 122 cm³/mol. The number of benzene rings is 3. The number of phenols is 1. The Balaban J connectivity index is 1.94. The lowest BCUT2D eigenvalue weighted by Gasteiger charge is -2.26. The van der Waals surface area contributed by atoms with Gasteiger partial charge >= 0.3 is 0 Å². The fourth-order valence-electron chi connectivity index (χ4n) is 3.77. The molecule has 0 aliphatic carbocycles. The number of para-hydroxylation sites is 2. The van der Waals surface area contributed by atoms with Crippen molar-refractivity contribution in [2.75, 3.05) is 11.5 Å². The summed E-state index contributed by atoms with van der Waals surface area (Å²) in [4.78, 5) is 27.4. The number of amides is 1. The molecular weight excluding hydrogens is 430 g/mol. The Kier molecular flexibility index (Phi) is 5.88. The maximum absolute atomic E-state index is 13.1. The van der Waals surface area contributed by atoms with Crippen molar-refractivity contribution in [3.8, 4) is 11.5 Å². The summed E-state index contributed by atoms with van der Waals surface area (Å²) in [6, 6.07) is 18.8. The number of phenolic OH excluding ortho intramolecular Hbond substituents is 1. The van der Waals surface area contributed by atoms with Crippen molar-refractivity contribution in [3.05, 3.63) is 94.5 Å². The molecule has 1 aliphatic rings. The molecule has 0 bridgehead atoms. The SMILES string of the molecule is CCOc1cc(/C(O)=C2/C(=O)C(=O)N(c3ccccc3O)C2c2ccccc2)ccc1Cl. The highest BCUT2D eigenvalue weighted by atomic mass is 35.5. The number of hydrogen-bond donors (Lipinski definition) is 2. The first-order valence-corrected chi connectivity index (χ1v) is 10.4. The van der Waals surface area contributed by atoms with Gasteiger partial charge in [-0.05, 0) is 42.8 Å². The molecule has 0 aromatic heterocycles. The molecule has 6 nitrogen and oxygen atoms in total. The lowest BCUT2D eigenvalue weighted by atomic mass is 9.95. The van der Waals surface area contributed by atoms with E-state index in [1.807, 2.05) is 6.07 Å². The van der Waals surface area contributed by atoms with Crippen LogP contribution in [-0.4, -0.2) is 28.5 Å². The number of anilines is 1. The molecule has 1 saturated heterocycles. The van der Waals surface area contributed by atoms with Crippen LogP contribution in [0.2, 0.25) is 5.02 Å². The summed E-state index contributed by atoms with van der Waals surface area (Å²) in [7, 11) is 0. The van der Waals surface area contributed by atoms with Crippen LogP contribution < -0.4 is 9.64 Å². The smallest absolute Gasteiger partial charge is 0.300 e. The van der Waals surface area contributed by atoms with E-state index in [4.69, 9.17) is 16.3 Å².